The van der Waals surface area contributed by atoms with E-state index in [0.717, 1.165) is 22.6 Å². The average molecular weight is 406 g/mol. The first kappa shape index (κ1) is 19.0. The minimum absolute atomic E-state index is 0.0402. The van der Waals surface area contributed by atoms with Gasteiger partial charge in [-0.15, -0.1) is 0 Å². The summed E-state index contributed by atoms with van der Waals surface area (Å²) in [6.07, 6.45) is 5.52. The zero-order chi connectivity index (χ0) is 21.0. The minimum atomic E-state index is -0.107. The zero-order valence-corrected chi connectivity index (χ0v) is 17.3. The summed E-state index contributed by atoms with van der Waals surface area (Å²) in [6, 6.07) is 29.0. The van der Waals surface area contributed by atoms with Gasteiger partial charge in [0.15, 0.2) is 0 Å². The van der Waals surface area contributed by atoms with Crippen molar-refractivity contribution >= 4 is 29.6 Å². The number of aliphatic imine (C=N–C) groups is 2. The standard InChI is InChI=1S/C26H23N5/c1-19-12-14-22(15-13-19)31-17-23(21-10-6-3-7-11-21)24-25(27-18-28-26(24)31)30-29-16-20-8-4-2-5-9-20/h2-18,24,26H,1H3,(H,27,28,30)/b29-16+. The van der Waals surface area contributed by atoms with Gasteiger partial charge < -0.3 is 4.90 Å². The molecule has 0 bridgehead atoms. The van der Waals surface area contributed by atoms with Gasteiger partial charge in [0.2, 0.25) is 0 Å². The van der Waals surface area contributed by atoms with Crippen LogP contribution in [0.4, 0.5) is 5.69 Å². The van der Waals surface area contributed by atoms with Crippen LogP contribution in [0.1, 0.15) is 16.7 Å². The third kappa shape index (κ3) is 3.90. The van der Waals surface area contributed by atoms with Crippen LogP contribution in [0.5, 0.6) is 0 Å². The highest BCUT2D eigenvalue weighted by Gasteiger charge is 2.41. The fourth-order valence-electron chi connectivity index (χ4n) is 3.96. The molecule has 0 saturated carbocycles. The van der Waals surface area contributed by atoms with E-state index in [1.165, 1.54) is 11.1 Å². The van der Waals surface area contributed by atoms with Gasteiger partial charge in [-0.05, 0) is 35.8 Å². The van der Waals surface area contributed by atoms with E-state index in [0.29, 0.717) is 0 Å². The Kier molecular flexibility index (Phi) is 5.15. The lowest BCUT2D eigenvalue weighted by atomic mass is 9.92. The first-order valence-electron chi connectivity index (χ1n) is 10.4. The number of anilines is 1. The molecule has 2 heterocycles. The van der Waals surface area contributed by atoms with E-state index in [4.69, 9.17) is 4.99 Å². The van der Waals surface area contributed by atoms with Crippen LogP contribution >= 0.6 is 0 Å². The Balaban J connectivity index is 1.48. The molecule has 2 aliphatic rings. The number of hydrogen-bond acceptors (Lipinski definition) is 5. The maximum Gasteiger partial charge on any atom is 0.140 e. The van der Waals surface area contributed by atoms with E-state index >= 15 is 0 Å². The number of nitrogens with zero attached hydrogens (tertiary/aromatic N) is 4. The lowest BCUT2D eigenvalue weighted by Crippen LogP contribution is -2.41. The summed E-state index contributed by atoms with van der Waals surface area (Å²) in [5, 5.41) is 4.45. The molecule has 0 amide bonds. The highest BCUT2D eigenvalue weighted by Crippen LogP contribution is 2.40. The van der Waals surface area contributed by atoms with Crippen molar-refractivity contribution in [2.45, 2.75) is 13.1 Å². The van der Waals surface area contributed by atoms with E-state index in [-0.39, 0.29) is 12.1 Å². The normalized spacial score (nSPS) is 19.8. The van der Waals surface area contributed by atoms with Crippen molar-refractivity contribution in [3.63, 3.8) is 0 Å². The molecule has 2 aliphatic heterocycles. The smallest absolute Gasteiger partial charge is 0.140 e. The molecule has 0 aromatic heterocycles. The predicted octanol–water partition coefficient (Wildman–Crippen LogP) is 4.86. The number of benzene rings is 3. The van der Waals surface area contributed by atoms with Crippen LogP contribution in [0.25, 0.3) is 5.57 Å². The van der Waals surface area contributed by atoms with Crippen LogP contribution in [0.3, 0.4) is 0 Å². The fraction of sp³-hybridized carbons (Fsp3) is 0.115. The largest absolute Gasteiger partial charge is 0.324 e. The maximum absolute atomic E-state index is 4.73. The Morgan fingerprint density at radius 3 is 2.35 bits per heavy atom. The average Bonchev–Trinajstić information content (AvgIpc) is 3.21. The van der Waals surface area contributed by atoms with Crippen molar-refractivity contribution < 1.29 is 0 Å². The van der Waals surface area contributed by atoms with Gasteiger partial charge in [0.05, 0.1) is 12.1 Å². The van der Waals surface area contributed by atoms with Gasteiger partial charge in [0.1, 0.15) is 18.3 Å². The topological polar surface area (TPSA) is 52.3 Å². The van der Waals surface area contributed by atoms with Gasteiger partial charge in [0.25, 0.3) is 0 Å². The fourth-order valence-corrected chi connectivity index (χ4v) is 3.96. The Labute approximate surface area is 182 Å². The van der Waals surface area contributed by atoms with Crippen LogP contribution in [-0.4, -0.2) is 24.6 Å². The van der Waals surface area contributed by atoms with Crippen LogP contribution < -0.4 is 10.3 Å². The molecule has 5 heteroatoms. The quantitative estimate of drug-likeness (QED) is 0.498. The number of hydrazone groups is 1. The summed E-state index contributed by atoms with van der Waals surface area (Å²) >= 11 is 0. The van der Waals surface area contributed by atoms with Gasteiger partial charge in [0, 0.05) is 11.9 Å². The van der Waals surface area contributed by atoms with Crippen LogP contribution in [-0.2, 0) is 0 Å². The molecule has 152 valence electrons. The summed E-state index contributed by atoms with van der Waals surface area (Å²) < 4.78 is 0. The molecule has 3 aromatic carbocycles. The van der Waals surface area contributed by atoms with Crippen molar-refractivity contribution in [1.82, 2.24) is 5.43 Å². The molecule has 5 rings (SSSR count). The number of rotatable bonds is 4. The number of hydrogen-bond donors (Lipinski definition) is 1. The molecule has 3 aromatic rings. The lowest BCUT2D eigenvalue weighted by molar-refractivity contribution is 0.636. The van der Waals surface area contributed by atoms with Gasteiger partial charge in [-0.3, -0.25) is 5.43 Å². The highest BCUT2D eigenvalue weighted by molar-refractivity contribution is 6.03. The number of amidine groups is 1. The number of fused-ring (bicyclic) bond motifs is 1. The van der Waals surface area contributed by atoms with E-state index in [9.17, 15) is 0 Å². The number of nitrogens with one attached hydrogen (secondary N) is 1. The third-order valence-corrected chi connectivity index (χ3v) is 5.54. The van der Waals surface area contributed by atoms with Crippen molar-refractivity contribution in [2.75, 3.05) is 4.90 Å². The summed E-state index contributed by atoms with van der Waals surface area (Å²) in [5.74, 6) is 0.749. The van der Waals surface area contributed by atoms with E-state index in [2.05, 4.69) is 82.1 Å². The molecule has 0 aliphatic carbocycles. The third-order valence-electron chi connectivity index (χ3n) is 5.54. The molecular weight excluding hydrogens is 382 g/mol. The zero-order valence-electron chi connectivity index (χ0n) is 17.3. The second kappa shape index (κ2) is 8.40. The summed E-state index contributed by atoms with van der Waals surface area (Å²) in [5.41, 5.74) is 8.89. The van der Waals surface area contributed by atoms with Gasteiger partial charge >= 0.3 is 0 Å². The van der Waals surface area contributed by atoms with Crippen LogP contribution in [0.2, 0.25) is 0 Å². The second-order valence-electron chi connectivity index (χ2n) is 7.64. The van der Waals surface area contributed by atoms with Crippen LogP contribution in [0, 0.1) is 12.8 Å². The lowest BCUT2D eigenvalue weighted by Gasteiger charge is -2.29. The SMILES string of the molecule is Cc1ccc(N2C=C(c3ccccc3)C3C(N/N=C/c4ccccc4)=NC=NC32)cc1. The van der Waals surface area contributed by atoms with Crippen molar-refractivity contribution in [2.24, 2.45) is 21.0 Å². The van der Waals surface area contributed by atoms with Gasteiger partial charge in [-0.1, -0.05) is 78.4 Å². The van der Waals surface area contributed by atoms with Gasteiger partial charge in [-0.25, -0.2) is 9.98 Å². The Bertz CT molecular complexity index is 1160. The molecule has 2 unspecified atom stereocenters. The molecule has 0 radical (unpaired) electrons. The first-order valence-corrected chi connectivity index (χ1v) is 10.4. The highest BCUT2D eigenvalue weighted by atomic mass is 15.4. The monoisotopic (exact) mass is 405 g/mol. The van der Waals surface area contributed by atoms with E-state index < -0.39 is 0 Å². The van der Waals surface area contributed by atoms with E-state index in [1.807, 2.05) is 42.6 Å². The summed E-state index contributed by atoms with van der Waals surface area (Å²) in [7, 11) is 0. The summed E-state index contributed by atoms with van der Waals surface area (Å²) in [6.45, 7) is 2.10. The molecule has 0 saturated heterocycles. The second-order valence-corrected chi connectivity index (χ2v) is 7.64. The van der Waals surface area contributed by atoms with E-state index in [1.54, 1.807) is 6.34 Å². The molecule has 0 spiro atoms. The van der Waals surface area contributed by atoms with Crippen molar-refractivity contribution in [1.29, 1.82) is 0 Å². The number of aryl methyl sites for hydroxylation is 1. The summed E-state index contributed by atoms with van der Waals surface area (Å²) in [4.78, 5) is 11.5. The maximum atomic E-state index is 4.73. The molecular formula is C26H23N5. The molecule has 1 N–H and O–H groups in total. The molecule has 2 atom stereocenters. The Morgan fingerprint density at radius 2 is 1.61 bits per heavy atom. The van der Waals surface area contributed by atoms with Crippen molar-refractivity contribution in [3.05, 3.63) is 108 Å². The Hall–Kier alpha value is -3.99. The predicted molar refractivity (Wildman–Crippen MR) is 128 cm³/mol. The Morgan fingerprint density at radius 1 is 0.903 bits per heavy atom. The van der Waals surface area contributed by atoms with Crippen LogP contribution in [0.15, 0.2) is 106 Å². The minimum Gasteiger partial charge on any atom is -0.324 e. The van der Waals surface area contributed by atoms with Crippen molar-refractivity contribution in [3.8, 4) is 0 Å². The first-order chi connectivity index (χ1) is 15.3. The van der Waals surface area contributed by atoms with Gasteiger partial charge in [-0.2, -0.15) is 5.10 Å². The molecule has 31 heavy (non-hydrogen) atoms. The molecule has 5 nitrogen and oxygen atoms in total. The molecule has 0 fully saturated rings.